The molecule has 2 aromatic carbocycles. The molecule has 176 valence electrons. The van der Waals surface area contributed by atoms with Gasteiger partial charge in [-0.05, 0) is 56.7 Å². The average molecular weight is 469 g/mol. The number of hydrazone groups is 1. The van der Waals surface area contributed by atoms with Crippen LogP contribution in [0.3, 0.4) is 0 Å². The predicted octanol–water partition coefficient (Wildman–Crippen LogP) is 4.68. The van der Waals surface area contributed by atoms with Gasteiger partial charge in [0.05, 0.1) is 40.0 Å². The number of aromatic nitrogens is 2. The number of carbonyl (C=O) groups is 2. The third kappa shape index (κ3) is 4.55. The fourth-order valence-corrected chi connectivity index (χ4v) is 4.00. The van der Waals surface area contributed by atoms with E-state index in [1.165, 1.54) is 5.01 Å². The van der Waals surface area contributed by atoms with Crippen molar-refractivity contribution in [2.75, 3.05) is 6.61 Å². The number of aryl methyl sites for hydroxylation is 3. The second-order valence-corrected chi connectivity index (χ2v) is 8.56. The molecule has 0 saturated carbocycles. The van der Waals surface area contributed by atoms with Crippen molar-refractivity contribution in [3.8, 4) is 0 Å². The molecule has 4 aromatic rings. The van der Waals surface area contributed by atoms with Gasteiger partial charge in [0.1, 0.15) is 11.8 Å². The number of hydrogen-bond acceptors (Lipinski definition) is 7. The molecule has 3 heterocycles. The Morgan fingerprint density at radius 3 is 2.46 bits per heavy atom. The number of rotatable bonds is 5. The van der Waals surface area contributed by atoms with Gasteiger partial charge in [-0.1, -0.05) is 29.8 Å². The summed E-state index contributed by atoms with van der Waals surface area (Å²) in [7, 11) is 0. The molecule has 0 saturated heterocycles. The number of carbonyl (C=O) groups excluding carboxylic acids is 2. The second kappa shape index (κ2) is 9.13. The molecule has 0 unspecified atom stereocenters. The van der Waals surface area contributed by atoms with Crippen LogP contribution in [0.1, 0.15) is 51.1 Å². The van der Waals surface area contributed by atoms with E-state index in [9.17, 15) is 9.59 Å². The van der Waals surface area contributed by atoms with E-state index in [0.717, 1.165) is 28.2 Å². The van der Waals surface area contributed by atoms with Crippen LogP contribution in [0.15, 0.2) is 70.4 Å². The minimum atomic E-state index is -0.614. The number of hydrogen-bond donors (Lipinski definition) is 0. The summed E-state index contributed by atoms with van der Waals surface area (Å²) < 4.78 is 10.9. The molecule has 0 fully saturated rings. The van der Waals surface area contributed by atoms with Gasteiger partial charge >= 0.3 is 5.97 Å². The molecule has 1 atom stereocenters. The van der Waals surface area contributed by atoms with Crippen LogP contribution in [-0.4, -0.2) is 39.2 Å². The zero-order valence-electron chi connectivity index (χ0n) is 19.7. The molecule has 8 nitrogen and oxygen atoms in total. The zero-order chi connectivity index (χ0) is 24.5. The highest BCUT2D eigenvalue weighted by molar-refractivity contribution is 6.03. The van der Waals surface area contributed by atoms with E-state index in [1.54, 1.807) is 30.5 Å². The molecule has 0 bridgehead atoms. The molecule has 1 amide bonds. The summed E-state index contributed by atoms with van der Waals surface area (Å²) >= 11 is 0. The summed E-state index contributed by atoms with van der Waals surface area (Å²) in [5.41, 5.74) is 6.05. The Hall–Kier alpha value is -4.33. The number of ether oxygens (including phenoxy) is 1. The molecular weight excluding hydrogens is 444 g/mol. The third-order valence-electron chi connectivity index (χ3n) is 6.06. The van der Waals surface area contributed by atoms with E-state index >= 15 is 0 Å². The van der Waals surface area contributed by atoms with Crippen LogP contribution in [0.2, 0.25) is 0 Å². The summed E-state index contributed by atoms with van der Waals surface area (Å²) in [5, 5.41) is 5.91. The Labute approximate surface area is 202 Å². The topological polar surface area (TPSA) is 97.9 Å². The number of furan rings is 1. The van der Waals surface area contributed by atoms with Crippen LogP contribution >= 0.6 is 0 Å². The molecule has 8 heteroatoms. The Kier molecular flexibility index (Phi) is 5.86. The van der Waals surface area contributed by atoms with Gasteiger partial charge < -0.3 is 9.15 Å². The van der Waals surface area contributed by atoms with Gasteiger partial charge in [0.25, 0.3) is 5.91 Å². The smallest absolute Gasteiger partial charge is 0.338 e. The summed E-state index contributed by atoms with van der Waals surface area (Å²) in [4.78, 5) is 34.7. The van der Waals surface area contributed by atoms with E-state index in [2.05, 4.69) is 15.1 Å². The van der Waals surface area contributed by atoms with Crippen molar-refractivity contribution in [1.29, 1.82) is 0 Å². The lowest BCUT2D eigenvalue weighted by Crippen LogP contribution is -2.31. The number of amides is 1. The van der Waals surface area contributed by atoms with E-state index in [4.69, 9.17) is 9.15 Å². The molecule has 1 aliphatic heterocycles. The van der Waals surface area contributed by atoms with E-state index in [0.29, 0.717) is 28.8 Å². The van der Waals surface area contributed by atoms with Gasteiger partial charge in [0.2, 0.25) is 0 Å². The molecule has 0 radical (unpaired) electrons. The van der Waals surface area contributed by atoms with Gasteiger partial charge in [0.15, 0.2) is 6.61 Å². The van der Waals surface area contributed by atoms with Crippen LogP contribution in [0.4, 0.5) is 0 Å². The first-order valence-corrected chi connectivity index (χ1v) is 11.3. The van der Waals surface area contributed by atoms with Crippen molar-refractivity contribution < 1.29 is 18.7 Å². The van der Waals surface area contributed by atoms with Crippen molar-refractivity contribution in [3.05, 3.63) is 94.7 Å². The highest BCUT2D eigenvalue weighted by atomic mass is 16.5. The average Bonchev–Trinajstić information content (AvgIpc) is 3.53. The fraction of sp³-hybridized carbons (Fsp3) is 0.222. The third-order valence-corrected chi connectivity index (χ3v) is 6.06. The van der Waals surface area contributed by atoms with Crippen molar-refractivity contribution in [2.45, 2.75) is 33.2 Å². The molecule has 0 N–H and O–H groups in total. The maximum atomic E-state index is 13.1. The van der Waals surface area contributed by atoms with Gasteiger partial charge in [-0.3, -0.25) is 4.79 Å². The molecule has 35 heavy (non-hydrogen) atoms. The Morgan fingerprint density at radius 1 is 1.00 bits per heavy atom. The number of fused-ring (bicyclic) bond motifs is 1. The molecule has 0 aliphatic carbocycles. The molecule has 5 rings (SSSR count). The quantitative estimate of drug-likeness (QED) is 0.395. The Bertz CT molecular complexity index is 1440. The summed E-state index contributed by atoms with van der Waals surface area (Å²) in [5.74, 6) is -0.431. The summed E-state index contributed by atoms with van der Waals surface area (Å²) in [6, 6.07) is 16.1. The maximum Gasteiger partial charge on any atom is 0.338 e. The maximum absolute atomic E-state index is 13.1. The lowest BCUT2D eigenvalue weighted by atomic mass is 10.0. The van der Waals surface area contributed by atoms with Gasteiger partial charge in [0, 0.05) is 6.42 Å². The van der Waals surface area contributed by atoms with Crippen molar-refractivity contribution in [2.24, 2.45) is 5.10 Å². The van der Waals surface area contributed by atoms with Gasteiger partial charge in [-0.25, -0.2) is 19.8 Å². The van der Waals surface area contributed by atoms with Crippen molar-refractivity contribution >= 4 is 28.6 Å². The lowest BCUT2D eigenvalue weighted by molar-refractivity contribution is -0.136. The normalized spacial score (nSPS) is 15.3. The first kappa shape index (κ1) is 22.5. The minimum Gasteiger partial charge on any atom is -0.467 e. The SMILES string of the molecule is Cc1ccc(C2=NN(C(=O)COC(=O)c3ccc4nc(C)c(C)nc4c3)[C@H](c3ccco3)C2)cc1. The first-order chi connectivity index (χ1) is 16.9. The second-order valence-electron chi connectivity index (χ2n) is 8.56. The molecule has 1 aliphatic rings. The summed E-state index contributed by atoms with van der Waals surface area (Å²) in [6.07, 6.45) is 2.06. The minimum absolute atomic E-state index is 0.302. The Balaban J connectivity index is 1.33. The lowest BCUT2D eigenvalue weighted by Gasteiger charge is -2.19. The largest absolute Gasteiger partial charge is 0.467 e. The van der Waals surface area contributed by atoms with E-state index < -0.39 is 24.5 Å². The standard InChI is InChI=1S/C27H24N4O4/c1-16-6-8-19(9-7-16)22-14-24(25-5-4-12-34-25)31(30-22)26(32)15-35-27(33)20-10-11-21-23(13-20)29-18(3)17(2)28-21/h4-13,24H,14-15H2,1-3H3/t24-/m0/s1. The van der Waals surface area contributed by atoms with E-state index in [-0.39, 0.29) is 0 Å². The number of nitrogens with zero attached hydrogens (tertiary/aromatic N) is 4. The van der Waals surface area contributed by atoms with Gasteiger partial charge in [-0.2, -0.15) is 5.10 Å². The van der Waals surface area contributed by atoms with Crippen LogP contribution < -0.4 is 0 Å². The van der Waals surface area contributed by atoms with Crippen LogP contribution in [-0.2, 0) is 9.53 Å². The highest BCUT2D eigenvalue weighted by Crippen LogP contribution is 2.33. The first-order valence-electron chi connectivity index (χ1n) is 11.3. The predicted molar refractivity (Wildman–Crippen MR) is 130 cm³/mol. The number of esters is 1. The van der Waals surface area contributed by atoms with Crippen molar-refractivity contribution in [3.63, 3.8) is 0 Å². The van der Waals surface area contributed by atoms with Gasteiger partial charge in [-0.15, -0.1) is 0 Å². The number of benzene rings is 2. The van der Waals surface area contributed by atoms with Crippen LogP contribution in [0.5, 0.6) is 0 Å². The van der Waals surface area contributed by atoms with Crippen LogP contribution in [0, 0.1) is 20.8 Å². The molecular formula is C27H24N4O4. The fourth-order valence-electron chi connectivity index (χ4n) is 4.00. The Morgan fingerprint density at radius 2 is 1.74 bits per heavy atom. The molecule has 0 spiro atoms. The summed E-state index contributed by atoms with van der Waals surface area (Å²) in [6.45, 7) is 5.32. The zero-order valence-corrected chi connectivity index (χ0v) is 19.7. The van der Waals surface area contributed by atoms with E-state index in [1.807, 2.05) is 51.1 Å². The molecule has 2 aromatic heterocycles. The van der Waals surface area contributed by atoms with Crippen molar-refractivity contribution in [1.82, 2.24) is 15.0 Å². The monoisotopic (exact) mass is 468 g/mol. The van der Waals surface area contributed by atoms with Crippen LogP contribution in [0.25, 0.3) is 11.0 Å². The highest BCUT2D eigenvalue weighted by Gasteiger charge is 2.35.